The Bertz CT molecular complexity index is 549. The van der Waals surface area contributed by atoms with Crippen LogP contribution in [0.1, 0.15) is 94.4 Å². The van der Waals surface area contributed by atoms with Crippen LogP contribution in [-0.2, 0) is 4.74 Å². The van der Waals surface area contributed by atoms with Gasteiger partial charge in [-0.25, -0.2) is 9.97 Å². The van der Waals surface area contributed by atoms with E-state index in [9.17, 15) is 0 Å². The lowest BCUT2D eigenvalue weighted by Crippen LogP contribution is -2.21. The van der Waals surface area contributed by atoms with E-state index in [4.69, 9.17) is 10.00 Å². The predicted molar refractivity (Wildman–Crippen MR) is 98.2 cm³/mol. The summed E-state index contributed by atoms with van der Waals surface area (Å²) in [6.45, 7) is 3.12. The second-order valence-corrected chi connectivity index (χ2v) is 7.75. The fourth-order valence-electron chi connectivity index (χ4n) is 4.21. The Hall–Kier alpha value is -1.47. The van der Waals surface area contributed by atoms with Crippen molar-refractivity contribution in [1.82, 2.24) is 9.97 Å². The topological polar surface area (TPSA) is 58.8 Å². The van der Waals surface area contributed by atoms with Gasteiger partial charge in [0.2, 0.25) is 0 Å². The molecule has 2 aliphatic rings. The third kappa shape index (κ3) is 5.01. The summed E-state index contributed by atoms with van der Waals surface area (Å²) >= 11 is 0. The van der Waals surface area contributed by atoms with Gasteiger partial charge in [-0.15, -0.1) is 0 Å². The fourth-order valence-corrected chi connectivity index (χ4v) is 4.21. The van der Waals surface area contributed by atoms with E-state index in [2.05, 4.69) is 35.4 Å². The van der Waals surface area contributed by atoms with Gasteiger partial charge in [-0.2, -0.15) is 5.26 Å². The van der Waals surface area contributed by atoms with Crippen molar-refractivity contribution in [1.29, 1.82) is 5.26 Å². The first-order chi connectivity index (χ1) is 12.3. The maximum absolute atomic E-state index is 9.02. The standard InChI is InChI=1S/C21H31N3O/c1-2-3-12-25-20-10-8-17(9-11-20)19-14-23-21(24-15-19)18-6-4-16(13-22)5-7-18/h14-18,20H,2-12H2,1H3. The lowest BCUT2D eigenvalue weighted by Gasteiger charge is -2.29. The molecule has 3 rings (SSSR count). The summed E-state index contributed by atoms with van der Waals surface area (Å²) in [4.78, 5) is 9.37. The van der Waals surface area contributed by atoms with E-state index in [-0.39, 0.29) is 5.92 Å². The van der Waals surface area contributed by atoms with Crippen LogP contribution >= 0.6 is 0 Å². The molecule has 4 nitrogen and oxygen atoms in total. The van der Waals surface area contributed by atoms with Crippen molar-refractivity contribution in [3.63, 3.8) is 0 Å². The van der Waals surface area contributed by atoms with Crippen LogP contribution in [0, 0.1) is 17.2 Å². The van der Waals surface area contributed by atoms with Crippen LogP contribution < -0.4 is 0 Å². The predicted octanol–water partition coefficient (Wildman–Crippen LogP) is 5.12. The van der Waals surface area contributed by atoms with Gasteiger partial charge in [0.25, 0.3) is 0 Å². The van der Waals surface area contributed by atoms with Crippen molar-refractivity contribution in [2.75, 3.05) is 6.61 Å². The number of aromatic nitrogens is 2. The highest BCUT2D eigenvalue weighted by molar-refractivity contribution is 5.14. The Morgan fingerprint density at radius 2 is 1.64 bits per heavy atom. The van der Waals surface area contributed by atoms with Gasteiger partial charge >= 0.3 is 0 Å². The van der Waals surface area contributed by atoms with Gasteiger partial charge in [0.05, 0.1) is 12.2 Å². The Morgan fingerprint density at radius 3 is 2.24 bits per heavy atom. The third-order valence-corrected chi connectivity index (χ3v) is 5.96. The van der Waals surface area contributed by atoms with Crippen LogP contribution in [0.2, 0.25) is 0 Å². The summed E-state index contributed by atoms with van der Waals surface area (Å²) in [5.74, 6) is 2.26. The van der Waals surface area contributed by atoms with Crippen LogP contribution in [0.4, 0.5) is 0 Å². The van der Waals surface area contributed by atoms with E-state index in [1.165, 1.54) is 31.2 Å². The number of nitrogens with zero attached hydrogens (tertiary/aromatic N) is 3. The summed E-state index contributed by atoms with van der Waals surface area (Å²) in [7, 11) is 0. The van der Waals surface area contributed by atoms with Gasteiger partial charge in [0.15, 0.2) is 0 Å². The largest absolute Gasteiger partial charge is 0.378 e. The quantitative estimate of drug-likeness (QED) is 0.674. The van der Waals surface area contributed by atoms with Gasteiger partial charge in [-0.1, -0.05) is 13.3 Å². The highest BCUT2D eigenvalue weighted by Crippen LogP contribution is 2.36. The average Bonchev–Trinajstić information content (AvgIpc) is 2.69. The second kappa shape index (κ2) is 9.29. The van der Waals surface area contributed by atoms with Gasteiger partial charge in [0, 0.05) is 30.8 Å². The number of nitriles is 1. The smallest absolute Gasteiger partial charge is 0.131 e. The Kier molecular flexibility index (Phi) is 6.81. The fraction of sp³-hybridized carbons (Fsp3) is 0.762. The number of hydrogen-bond donors (Lipinski definition) is 0. The molecule has 0 bridgehead atoms. The van der Waals surface area contributed by atoms with Gasteiger partial charge in [-0.3, -0.25) is 0 Å². The van der Waals surface area contributed by atoms with E-state index in [1.54, 1.807) is 0 Å². The van der Waals surface area contributed by atoms with Gasteiger partial charge in [-0.05, 0) is 69.3 Å². The van der Waals surface area contributed by atoms with Crippen molar-refractivity contribution in [3.8, 4) is 6.07 Å². The van der Waals surface area contributed by atoms with Crippen LogP contribution in [0.3, 0.4) is 0 Å². The third-order valence-electron chi connectivity index (χ3n) is 5.96. The van der Waals surface area contributed by atoms with E-state index in [0.717, 1.165) is 51.0 Å². The zero-order valence-electron chi connectivity index (χ0n) is 15.5. The Balaban J connectivity index is 1.48. The molecule has 2 aliphatic carbocycles. The van der Waals surface area contributed by atoms with Crippen LogP contribution in [0.5, 0.6) is 0 Å². The van der Waals surface area contributed by atoms with Crippen molar-refractivity contribution in [2.24, 2.45) is 5.92 Å². The highest BCUT2D eigenvalue weighted by atomic mass is 16.5. The molecule has 0 unspecified atom stereocenters. The molecule has 1 aromatic heterocycles. The molecule has 0 amide bonds. The SMILES string of the molecule is CCCCOC1CCC(c2cnc(C3CCC(C#N)CC3)nc2)CC1. The summed E-state index contributed by atoms with van der Waals surface area (Å²) in [5.41, 5.74) is 1.29. The van der Waals surface area contributed by atoms with Crippen LogP contribution in [0.25, 0.3) is 0 Å². The molecular formula is C21H31N3O. The van der Waals surface area contributed by atoms with Crippen molar-refractivity contribution >= 4 is 0 Å². The molecule has 1 heterocycles. The van der Waals surface area contributed by atoms with Crippen molar-refractivity contribution in [2.45, 2.75) is 89.1 Å². The lowest BCUT2D eigenvalue weighted by molar-refractivity contribution is 0.0232. The number of unbranched alkanes of at least 4 members (excludes halogenated alkanes) is 1. The summed E-state index contributed by atoms with van der Waals surface area (Å²) in [5, 5.41) is 9.02. The van der Waals surface area contributed by atoms with Crippen LogP contribution in [0.15, 0.2) is 12.4 Å². The van der Waals surface area contributed by atoms with Crippen molar-refractivity contribution in [3.05, 3.63) is 23.8 Å². The molecule has 136 valence electrons. The van der Waals surface area contributed by atoms with Crippen LogP contribution in [-0.4, -0.2) is 22.7 Å². The van der Waals surface area contributed by atoms with Gasteiger partial charge < -0.3 is 4.74 Å². The molecule has 0 radical (unpaired) electrons. The van der Waals surface area contributed by atoms with Crippen molar-refractivity contribution < 1.29 is 4.74 Å². The molecule has 0 atom stereocenters. The molecule has 0 aromatic carbocycles. The van der Waals surface area contributed by atoms with E-state index in [0.29, 0.717) is 17.9 Å². The minimum absolute atomic E-state index is 0.241. The molecule has 0 aliphatic heterocycles. The lowest BCUT2D eigenvalue weighted by atomic mass is 9.82. The maximum atomic E-state index is 9.02. The minimum atomic E-state index is 0.241. The van der Waals surface area contributed by atoms with Gasteiger partial charge in [0.1, 0.15) is 5.82 Å². The number of ether oxygens (including phenoxy) is 1. The molecular weight excluding hydrogens is 310 g/mol. The highest BCUT2D eigenvalue weighted by Gasteiger charge is 2.26. The molecule has 0 N–H and O–H groups in total. The first-order valence-corrected chi connectivity index (χ1v) is 10.1. The Labute approximate surface area is 152 Å². The van der Waals surface area contributed by atoms with E-state index in [1.807, 2.05) is 0 Å². The second-order valence-electron chi connectivity index (χ2n) is 7.75. The minimum Gasteiger partial charge on any atom is -0.378 e. The molecule has 0 saturated heterocycles. The molecule has 25 heavy (non-hydrogen) atoms. The van der Waals surface area contributed by atoms with E-state index < -0.39 is 0 Å². The van der Waals surface area contributed by atoms with E-state index >= 15 is 0 Å². The molecule has 2 saturated carbocycles. The zero-order chi connectivity index (χ0) is 17.5. The normalized spacial score (nSPS) is 29.9. The Morgan fingerprint density at radius 1 is 1.00 bits per heavy atom. The summed E-state index contributed by atoms with van der Waals surface area (Å²) in [6, 6.07) is 2.40. The first-order valence-electron chi connectivity index (χ1n) is 10.1. The molecule has 4 heteroatoms. The zero-order valence-corrected chi connectivity index (χ0v) is 15.5. The number of rotatable bonds is 6. The molecule has 0 spiro atoms. The number of hydrogen-bond acceptors (Lipinski definition) is 4. The molecule has 2 fully saturated rings. The average molecular weight is 341 g/mol. The first kappa shape index (κ1) is 18.3. The summed E-state index contributed by atoms with van der Waals surface area (Å²) < 4.78 is 5.97. The summed E-state index contributed by atoms with van der Waals surface area (Å²) in [6.07, 6.45) is 15.7. The molecule has 1 aromatic rings. The monoisotopic (exact) mass is 341 g/mol. The maximum Gasteiger partial charge on any atom is 0.131 e.